The number of aryl methyl sites for hydroxylation is 1. The summed E-state index contributed by atoms with van der Waals surface area (Å²) in [5.74, 6) is 0.127. The van der Waals surface area contributed by atoms with E-state index in [1.54, 1.807) is 42.6 Å². The summed E-state index contributed by atoms with van der Waals surface area (Å²) in [7, 11) is 0. The molecular formula is C27H29N3O3. The van der Waals surface area contributed by atoms with E-state index in [1.165, 1.54) is 0 Å². The molecule has 6 nitrogen and oxygen atoms in total. The van der Waals surface area contributed by atoms with Gasteiger partial charge in [-0.25, -0.2) is 5.43 Å². The van der Waals surface area contributed by atoms with Gasteiger partial charge in [0.1, 0.15) is 5.75 Å². The number of carbonyl (C=O) groups is 2. The maximum absolute atomic E-state index is 12.7. The molecule has 0 aromatic heterocycles. The molecule has 0 saturated heterocycles. The predicted octanol–water partition coefficient (Wildman–Crippen LogP) is 5.58. The number of nitrogens with one attached hydrogen (secondary N) is 2. The highest BCUT2D eigenvalue weighted by atomic mass is 16.5. The Morgan fingerprint density at radius 2 is 1.58 bits per heavy atom. The van der Waals surface area contributed by atoms with Crippen molar-refractivity contribution in [2.45, 2.75) is 33.1 Å². The summed E-state index contributed by atoms with van der Waals surface area (Å²) in [5.41, 5.74) is 5.52. The van der Waals surface area contributed by atoms with Crippen LogP contribution in [0.4, 0.5) is 5.69 Å². The molecule has 0 fully saturated rings. The second kappa shape index (κ2) is 12.2. The number of carbonyl (C=O) groups excluding carboxylic acids is 2. The van der Waals surface area contributed by atoms with E-state index < -0.39 is 5.91 Å². The maximum Gasteiger partial charge on any atom is 0.273 e. The third kappa shape index (κ3) is 7.04. The number of benzene rings is 3. The Labute approximate surface area is 194 Å². The molecule has 3 aromatic rings. The van der Waals surface area contributed by atoms with E-state index in [1.807, 2.05) is 43.3 Å². The summed E-state index contributed by atoms with van der Waals surface area (Å²) in [4.78, 5) is 25.3. The summed E-state index contributed by atoms with van der Waals surface area (Å²) in [6.45, 7) is 4.73. The van der Waals surface area contributed by atoms with Gasteiger partial charge in [-0.3, -0.25) is 9.59 Å². The van der Waals surface area contributed by atoms with Crippen molar-refractivity contribution in [3.05, 3.63) is 95.1 Å². The minimum atomic E-state index is -0.414. The van der Waals surface area contributed by atoms with Gasteiger partial charge in [0, 0.05) is 5.56 Å². The molecule has 3 aromatic carbocycles. The number of unbranched alkanes of at least 4 members (excludes halogenated alkanes) is 2. The molecule has 0 radical (unpaired) electrons. The van der Waals surface area contributed by atoms with Crippen LogP contribution in [0.15, 0.2) is 77.9 Å². The summed E-state index contributed by atoms with van der Waals surface area (Å²) in [5, 5.41) is 6.87. The molecule has 33 heavy (non-hydrogen) atoms. The average molecular weight is 444 g/mol. The number of nitrogens with zero attached hydrogens (tertiary/aromatic N) is 1. The van der Waals surface area contributed by atoms with Crippen LogP contribution in [-0.4, -0.2) is 24.6 Å². The van der Waals surface area contributed by atoms with Crippen LogP contribution >= 0.6 is 0 Å². The van der Waals surface area contributed by atoms with Crippen LogP contribution in [0, 0.1) is 6.92 Å². The van der Waals surface area contributed by atoms with E-state index in [0.29, 0.717) is 23.4 Å². The molecule has 3 rings (SSSR count). The largest absolute Gasteiger partial charge is 0.494 e. The molecule has 0 aliphatic heterocycles. The fraction of sp³-hybridized carbons (Fsp3) is 0.222. The SMILES string of the molecule is CCCCCOc1ccc(/C=N/NC(=O)c2ccccc2NC(=O)c2ccccc2C)cc1. The van der Waals surface area contributed by atoms with Gasteiger partial charge in [-0.05, 0) is 66.9 Å². The van der Waals surface area contributed by atoms with Crippen molar-refractivity contribution in [2.75, 3.05) is 11.9 Å². The molecule has 0 aliphatic rings. The van der Waals surface area contributed by atoms with Crippen molar-refractivity contribution in [2.24, 2.45) is 5.10 Å². The van der Waals surface area contributed by atoms with Crippen LogP contribution in [0.3, 0.4) is 0 Å². The number of hydrogen-bond donors (Lipinski definition) is 2. The van der Waals surface area contributed by atoms with Crippen molar-refractivity contribution in [1.82, 2.24) is 5.43 Å². The summed E-state index contributed by atoms with van der Waals surface area (Å²) in [6, 6.07) is 21.6. The predicted molar refractivity (Wildman–Crippen MR) is 132 cm³/mol. The van der Waals surface area contributed by atoms with Crippen molar-refractivity contribution < 1.29 is 14.3 Å². The van der Waals surface area contributed by atoms with Gasteiger partial charge in [-0.15, -0.1) is 0 Å². The normalized spacial score (nSPS) is 10.7. The molecule has 0 aliphatic carbocycles. The van der Waals surface area contributed by atoms with Crippen LogP contribution in [0.25, 0.3) is 0 Å². The second-order valence-corrected chi connectivity index (χ2v) is 7.64. The van der Waals surface area contributed by atoms with E-state index in [4.69, 9.17) is 4.74 Å². The molecule has 6 heteroatoms. The topological polar surface area (TPSA) is 79.8 Å². The zero-order valence-electron chi connectivity index (χ0n) is 19.0. The molecule has 170 valence electrons. The van der Waals surface area contributed by atoms with Gasteiger partial charge < -0.3 is 10.1 Å². The Kier molecular flexibility index (Phi) is 8.77. The van der Waals surface area contributed by atoms with Crippen LogP contribution in [0.2, 0.25) is 0 Å². The van der Waals surface area contributed by atoms with Gasteiger partial charge in [-0.2, -0.15) is 5.10 Å². The lowest BCUT2D eigenvalue weighted by Gasteiger charge is -2.11. The Bertz CT molecular complexity index is 1110. The highest BCUT2D eigenvalue weighted by molar-refractivity contribution is 6.09. The van der Waals surface area contributed by atoms with Crippen molar-refractivity contribution in [3.63, 3.8) is 0 Å². The number of para-hydroxylation sites is 1. The maximum atomic E-state index is 12.7. The lowest BCUT2D eigenvalue weighted by molar-refractivity contribution is 0.0956. The lowest BCUT2D eigenvalue weighted by atomic mass is 10.1. The Morgan fingerprint density at radius 1 is 0.879 bits per heavy atom. The highest BCUT2D eigenvalue weighted by Gasteiger charge is 2.14. The Hall–Kier alpha value is -3.93. The van der Waals surface area contributed by atoms with Gasteiger partial charge in [-0.1, -0.05) is 50.1 Å². The standard InChI is InChI=1S/C27H29N3O3/c1-3-4-9-18-33-22-16-14-21(15-17-22)19-28-30-27(32)24-12-7-8-13-25(24)29-26(31)23-11-6-5-10-20(23)2/h5-8,10-17,19H,3-4,9,18H2,1-2H3,(H,29,31)(H,30,32)/b28-19+. The van der Waals surface area contributed by atoms with Gasteiger partial charge >= 0.3 is 0 Å². The van der Waals surface area contributed by atoms with Gasteiger partial charge in [0.05, 0.1) is 24.1 Å². The number of hydrazone groups is 1. The minimum absolute atomic E-state index is 0.270. The first-order valence-corrected chi connectivity index (χ1v) is 11.1. The van der Waals surface area contributed by atoms with E-state index in [2.05, 4.69) is 22.8 Å². The first kappa shape index (κ1) is 23.7. The molecule has 0 bridgehead atoms. The van der Waals surface area contributed by atoms with Crippen molar-refractivity contribution in [1.29, 1.82) is 0 Å². The summed E-state index contributed by atoms with van der Waals surface area (Å²) >= 11 is 0. The lowest BCUT2D eigenvalue weighted by Crippen LogP contribution is -2.21. The van der Waals surface area contributed by atoms with E-state index >= 15 is 0 Å². The Morgan fingerprint density at radius 3 is 2.30 bits per heavy atom. The van der Waals surface area contributed by atoms with Crippen LogP contribution in [-0.2, 0) is 0 Å². The molecule has 0 unspecified atom stereocenters. The van der Waals surface area contributed by atoms with E-state index in [-0.39, 0.29) is 5.91 Å². The Balaban J connectivity index is 1.59. The summed E-state index contributed by atoms with van der Waals surface area (Å²) in [6.07, 6.45) is 4.92. The average Bonchev–Trinajstić information content (AvgIpc) is 2.83. The van der Waals surface area contributed by atoms with E-state index in [9.17, 15) is 9.59 Å². The number of amides is 2. The molecule has 0 heterocycles. The molecule has 2 amide bonds. The van der Waals surface area contributed by atoms with Crippen LogP contribution < -0.4 is 15.5 Å². The fourth-order valence-corrected chi connectivity index (χ4v) is 3.23. The fourth-order valence-electron chi connectivity index (χ4n) is 3.23. The first-order valence-electron chi connectivity index (χ1n) is 11.1. The summed E-state index contributed by atoms with van der Waals surface area (Å²) < 4.78 is 5.70. The highest BCUT2D eigenvalue weighted by Crippen LogP contribution is 2.18. The van der Waals surface area contributed by atoms with Gasteiger partial charge in [0.15, 0.2) is 0 Å². The second-order valence-electron chi connectivity index (χ2n) is 7.64. The number of hydrogen-bond acceptors (Lipinski definition) is 4. The third-order valence-corrected chi connectivity index (χ3v) is 5.09. The number of ether oxygens (including phenoxy) is 1. The molecule has 0 spiro atoms. The molecule has 2 N–H and O–H groups in total. The zero-order valence-corrected chi connectivity index (χ0v) is 19.0. The van der Waals surface area contributed by atoms with Crippen molar-refractivity contribution in [3.8, 4) is 5.75 Å². The molecular weight excluding hydrogens is 414 g/mol. The molecule has 0 saturated carbocycles. The quantitative estimate of drug-likeness (QED) is 0.244. The monoisotopic (exact) mass is 443 g/mol. The van der Waals surface area contributed by atoms with E-state index in [0.717, 1.165) is 36.1 Å². The third-order valence-electron chi connectivity index (χ3n) is 5.09. The van der Waals surface area contributed by atoms with Crippen LogP contribution in [0.1, 0.15) is 58.0 Å². The first-order chi connectivity index (χ1) is 16.1. The van der Waals surface area contributed by atoms with Gasteiger partial charge in [0.25, 0.3) is 11.8 Å². The van der Waals surface area contributed by atoms with Crippen LogP contribution in [0.5, 0.6) is 5.75 Å². The minimum Gasteiger partial charge on any atom is -0.494 e. The van der Waals surface area contributed by atoms with Crippen molar-refractivity contribution >= 4 is 23.7 Å². The molecule has 0 atom stereocenters. The van der Waals surface area contributed by atoms with Gasteiger partial charge in [0.2, 0.25) is 0 Å². The smallest absolute Gasteiger partial charge is 0.273 e. The zero-order chi connectivity index (χ0) is 23.5. The number of anilines is 1. The number of rotatable bonds is 10.